The van der Waals surface area contributed by atoms with Gasteiger partial charge in [0.25, 0.3) is 5.95 Å². The van der Waals surface area contributed by atoms with E-state index in [4.69, 9.17) is 26.6 Å². The van der Waals surface area contributed by atoms with E-state index in [9.17, 15) is 0 Å². The average molecular weight is 339 g/mol. The maximum atomic E-state index is 7.20. The van der Waals surface area contributed by atoms with Gasteiger partial charge in [-0.05, 0) is 26.3 Å². The molecule has 7 N–H and O–H groups in total. The van der Waals surface area contributed by atoms with E-state index in [1.807, 2.05) is 26.8 Å². The van der Waals surface area contributed by atoms with Gasteiger partial charge in [-0.1, -0.05) is 11.7 Å². The first kappa shape index (κ1) is 19.4. The molecule has 0 spiro atoms. The Morgan fingerprint density at radius 1 is 1.29 bits per heavy atom. The molecule has 1 rings (SSSR count). The molecule has 0 atom stereocenters. The van der Waals surface area contributed by atoms with Crippen molar-refractivity contribution in [3.8, 4) is 0 Å². The Balaban J connectivity index is 3.09. The van der Waals surface area contributed by atoms with Crippen LogP contribution in [-0.4, -0.2) is 39.0 Å². The van der Waals surface area contributed by atoms with E-state index >= 15 is 0 Å². The van der Waals surface area contributed by atoms with Crippen LogP contribution >= 0.6 is 0 Å². The van der Waals surface area contributed by atoms with Crippen molar-refractivity contribution in [1.29, 1.82) is 5.41 Å². The molecule has 0 bridgehead atoms. The van der Waals surface area contributed by atoms with Gasteiger partial charge in [-0.15, -0.1) is 0 Å². The molecule has 0 aliphatic rings. The number of rotatable bonds is 7. The molecule has 10 heteroatoms. The van der Waals surface area contributed by atoms with Gasteiger partial charge in [0, 0.05) is 25.2 Å². The van der Waals surface area contributed by atoms with Gasteiger partial charge in [0.2, 0.25) is 11.7 Å². The number of nitrogens with two attached hydrogens (primary N) is 2. The minimum atomic E-state index is -1.06. The van der Waals surface area contributed by atoms with E-state index < -0.39 is 5.72 Å². The summed E-state index contributed by atoms with van der Waals surface area (Å²) >= 11 is 0. The lowest BCUT2D eigenvalue weighted by Gasteiger charge is -2.26. The van der Waals surface area contributed by atoms with Crippen molar-refractivity contribution in [1.82, 2.24) is 15.4 Å². The molecule has 0 saturated heterocycles. The van der Waals surface area contributed by atoms with Crippen molar-refractivity contribution in [2.24, 2.45) is 11.5 Å². The van der Waals surface area contributed by atoms with Crippen LogP contribution in [0.1, 0.15) is 38.6 Å². The number of hydroxylamine groups is 2. The number of aryl methyl sites for hydroxylation is 2. The predicted octanol–water partition coefficient (Wildman–Crippen LogP) is 0.325. The van der Waals surface area contributed by atoms with E-state index in [1.54, 1.807) is 13.8 Å². The Kier molecular flexibility index (Phi) is 6.71. The van der Waals surface area contributed by atoms with Crippen LogP contribution < -0.4 is 22.3 Å². The summed E-state index contributed by atoms with van der Waals surface area (Å²) in [5, 5.41) is 10.1. The first-order chi connectivity index (χ1) is 11.2. The highest BCUT2D eigenvalue weighted by Crippen LogP contribution is 2.11. The lowest BCUT2D eigenvalue weighted by Crippen LogP contribution is -2.51. The second kappa shape index (κ2) is 8.29. The van der Waals surface area contributed by atoms with Crippen LogP contribution in [0.2, 0.25) is 0 Å². The number of hydrogen-bond donors (Lipinski definition) is 5. The minimum Gasteiger partial charge on any atom is -0.368 e. The summed E-state index contributed by atoms with van der Waals surface area (Å²) in [6.07, 6.45) is 0.778. The van der Waals surface area contributed by atoms with Gasteiger partial charge in [0.05, 0.1) is 0 Å². The van der Waals surface area contributed by atoms with Gasteiger partial charge in [-0.3, -0.25) is 11.1 Å². The second-order valence-corrected chi connectivity index (χ2v) is 5.68. The van der Waals surface area contributed by atoms with Gasteiger partial charge in [0.15, 0.2) is 0 Å². The summed E-state index contributed by atoms with van der Waals surface area (Å²) in [6.45, 7) is 9.53. The molecule has 24 heavy (non-hydrogen) atoms. The molecule has 0 radical (unpaired) electrons. The van der Waals surface area contributed by atoms with Crippen LogP contribution in [0.25, 0.3) is 0 Å². The quantitative estimate of drug-likeness (QED) is 0.157. The molecule has 0 unspecified atom stereocenters. The van der Waals surface area contributed by atoms with Gasteiger partial charge in [-0.2, -0.15) is 0 Å². The molecule has 0 aromatic carbocycles. The first-order valence-electron chi connectivity index (χ1n) is 7.58. The summed E-state index contributed by atoms with van der Waals surface area (Å²) in [5.41, 5.74) is 14.2. The van der Waals surface area contributed by atoms with Crippen LogP contribution in [0, 0.1) is 19.3 Å². The van der Waals surface area contributed by atoms with Gasteiger partial charge >= 0.3 is 5.96 Å². The molecule has 1 heterocycles. The van der Waals surface area contributed by atoms with Crippen LogP contribution in [-0.2, 0) is 9.68 Å². The van der Waals surface area contributed by atoms with Crippen molar-refractivity contribution >= 4 is 17.9 Å². The van der Waals surface area contributed by atoms with Crippen LogP contribution in [0.15, 0.2) is 6.07 Å². The van der Waals surface area contributed by atoms with Gasteiger partial charge in [0.1, 0.15) is 6.61 Å². The first-order valence-corrected chi connectivity index (χ1v) is 7.58. The SMILES string of the molecule is CCCO[N+](=C(N)Nc1nc(C)cc(C)n1)C(C)(C)ONC(=N)N. The zero-order valence-corrected chi connectivity index (χ0v) is 14.8. The third-order valence-corrected chi connectivity index (χ3v) is 2.77. The summed E-state index contributed by atoms with van der Waals surface area (Å²) in [7, 11) is 0. The highest BCUT2D eigenvalue weighted by molar-refractivity contribution is 5.86. The molecular weight excluding hydrogens is 312 g/mol. The van der Waals surface area contributed by atoms with Gasteiger partial charge in [-0.25, -0.2) is 25.6 Å². The Bertz CT molecular complexity index is 595. The molecule has 1 aromatic heterocycles. The second-order valence-electron chi connectivity index (χ2n) is 5.68. The van der Waals surface area contributed by atoms with E-state index in [0.29, 0.717) is 12.6 Å². The van der Waals surface area contributed by atoms with E-state index in [1.165, 1.54) is 4.74 Å². The Labute approximate surface area is 141 Å². The Hall–Kier alpha value is -2.62. The third-order valence-electron chi connectivity index (χ3n) is 2.77. The van der Waals surface area contributed by atoms with Crippen molar-refractivity contribution in [2.45, 2.75) is 46.8 Å². The highest BCUT2D eigenvalue weighted by atomic mass is 16.7. The van der Waals surface area contributed by atoms with E-state index in [-0.39, 0.29) is 11.9 Å². The van der Waals surface area contributed by atoms with Crippen molar-refractivity contribution in [3.05, 3.63) is 17.5 Å². The molecular formula is C14H27N8O2+. The van der Waals surface area contributed by atoms with E-state index in [2.05, 4.69) is 20.8 Å². The Morgan fingerprint density at radius 3 is 2.38 bits per heavy atom. The topological polar surface area (TPSA) is 147 Å². The van der Waals surface area contributed by atoms with E-state index in [0.717, 1.165) is 17.8 Å². The normalized spacial score (nSPS) is 12.4. The maximum absolute atomic E-state index is 7.20. The average Bonchev–Trinajstić information content (AvgIpc) is 2.44. The minimum absolute atomic E-state index is 0.142. The van der Waals surface area contributed by atoms with Crippen LogP contribution in [0.3, 0.4) is 0 Å². The molecule has 0 fully saturated rings. The lowest BCUT2D eigenvalue weighted by molar-refractivity contribution is -0.863. The monoisotopic (exact) mass is 339 g/mol. The zero-order chi connectivity index (χ0) is 18.3. The number of nitrogens with zero attached hydrogens (tertiary/aromatic N) is 3. The summed E-state index contributed by atoms with van der Waals surface area (Å²) in [6, 6.07) is 1.86. The van der Waals surface area contributed by atoms with Crippen molar-refractivity contribution in [2.75, 3.05) is 11.9 Å². The lowest BCUT2D eigenvalue weighted by atomic mass is 10.3. The summed E-state index contributed by atoms with van der Waals surface area (Å²) in [4.78, 5) is 19.6. The Morgan fingerprint density at radius 2 is 1.88 bits per heavy atom. The standard InChI is InChI=1S/C14H26N8O2/c1-6-7-23-22(14(4,5)24-21-11(15)16)12(17)20-13-18-9(2)8-10(3)19-13/h8H,6-7H2,1-5H3,(H6,15,16,17,18,19,20,21)/p+1. The van der Waals surface area contributed by atoms with Crippen molar-refractivity contribution < 1.29 is 14.4 Å². The number of nitrogens with one attached hydrogen (secondary N) is 3. The van der Waals surface area contributed by atoms with Gasteiger partial charge < -0.3 is 10.6 Å². The van der Waals surface area contributed by atoms with Crippen molar-refractivity contribution in [3.63, 3.8) is 0 Å². The predicted molar refractivity (Wildman–Crippen MR) is 91.0 cm³/mol. The molecule has 0 aliphatic carbocycles. The maximum Gasteiger partial charge on any atom is 0.390 e. The molecule has 134 valence electrons. The smallest absolute Gasteiger partial charge is 0.368 e. The molecule has 0 aliphatic heterocycles. The largest absolute Gasteiger partial charge is 0.390 e. The molecule has 0 saturated carbocycles. The van der Waals surface area contributed by atoms with Crippen LogP contribution in [0.4, 0.5) is 5.95 Å². The molecule has 0 amide bonds. The fraction of sp³-hybridized carbons (Fsp3) is 0.571. The highest BCUT2D eigenvalue weighted by Gasteiger charge is 2.33. The fourth-order valence-electron chi connectivity index (χ4n) is 1.87. The van der Waals surface area contributed by atoms with Crippen LogP contribution in [0.5, 0.6) is 0 Å². The number of hydrogen-bond acceptors (Lipinski definition) is 5. The fourth-order valence-corrected chi connectivity index (χ4v) is 1.87. The third kappa shape index (κ3) is 5.88. The number of aromatic nitrogens is 2. The zero-order valence-electron chi connectivity index (χ0n) is 14.8. The molecule has 10 nitrogen and oxygen atoms in total. The summed E-state index contributed by atoms with van der Waals surface area (Å²) < 4.78 is 1.34. The number of guanidine groups is 2. The summed E-state index contributed by atoms with van der Waals surface area (Å²) in [5.74, 6) is 0.164. The molecule has 1 aromatic rings. The number of anilines is 1.